The Balaban J connectivity index is 0.000000448. The van der Waals surface area contributed by atoms with Gasteiger partial charge in [0.05, 0.1) is 18.3 Å². The zero-order valence-corrected chi connectivity index (χ0v) is 20.9. The van der Waals surface area contributed by atoms with Crippen LogP contribution < -0.4 is 14.8 Å². The lowest BCUT2D eigenvalue weighted by Crippen LogP contribution is -2.44. The Morgan fingerprint density at radius 2 is 1.85 bits per heavy atom. The molecule has 2 aromatic heterocycles. The van der Waals surface area contributed by atoms with Gasteiger partial charge in [0.1, 0.15) is 24.3 Å². The van der Waals surface area contributed by atoms with Crippen LogP contribution in [-0.2, 0) is 11.8 Å². The number of halogens is 4. The number of carboxylic acids is 1. The molecule has 5 rings (SSSR count). The third kappa shape index (κ3) is 6.42. The van der Waals surface area contributed by atoms with Crippen molar-refractivity contribution in [2.24, 2.45) is 7.05 Å². The summed E-state index contributed by atoms with van der Waals surface area (Å²) < 4.78 is 59.5. The van der Waals surface area contributed by atoms with Gasteiger partial charge in [0.2, 0.25) is 0 Å². The fraction of sp³-hybridized carbons (Fsp3) is 0.308. The van der Waals surface area contributed by atoms with Gasteiger partial charge < -0.3 is 19.9 Å². The van der Waals surface area contributed by atoms with Gasteiger partial charge >= 0.3 is 12.1 Å². The summed E-state index contributed by atoms with van der Waals surface area (Å²) in [5.74, 6) is -1.76. The monoisotopic (exact) mass is 547 g/mol. The van der Waals surface area contributed by atoms with E-state index in [9.17, 15) is 17.6 Å². The topological polar surface area (TPSA) is 111 Å². The minimum Gasteiger partial charge on any atom is -0.493 e. The highest BCUT2D eigenvalue weighted by Crippen LogP contribution is 2.39. The number of aryl methyl sites for hydroxylation is 1. The molecule has 1 fully saturated rings. The van der Waals surface area contributed by atoms with Crippen molar-refractivity contribution >= 4 is 16.9 Å². The molecule has 9 nitrogen and oxygen atoms in total. The molecule has 0 aliphatic carbocycles. The molecule has 0 radical (unpaired) electrons. The van der Waals surface area contributed by atoms with Crippen molar-refractivity contribution in [2.75, 3.05) is 20.2 Å². The Morgan fingerprint density at radius 3 is 2.49 bits per heavy atom. The molecule has 0 saturated carbocycles. The van der Waals surface area contributed by atoms with Crippen LogP contribution in [0.25, 0.3) is 33.4 Å². The number of benzene rings is 2. The molecular weight excluding hydrogens is 522 g/mol. The lowest BCUT2D eigenvalue weighted by molar-refractivity contribution is -0.192. The van der Waals surface area contributed by atoms with Gasteiger partial charge in [-0.2, -0.15) is 18.3 Å². The Labute approximate surface area is 220 Å². The number of nitrogens with one attached hydrogen (secondary N) is 1. The normalized spacial score (nSPS) is 17.3. The van der Waals surface area contributed by atoms with Gasteiger partial charge in [-0.25, -0.2) is 19.2 Å². The molecule has 1 aliphatic heterocycles. The van der Waals surface area contributed by atoms with Crippen LogP contribution in [0, 0.1) is 0 Å². The van der Waals surface area contributed by atoms with E-state index in [1.54, 1.807) is 11.8 Å². The molecule has 3 heterocycles. The van der Waals surface area contributed by atoms with Crippen molar-refractivity contribution < 1.29 is 36.9 Å². The van der Waals surface area contributed by atoms with Gasteiger partial charge in [0.25, 0.3) is 0 Å². The first-order valence-electron chi connectivity index (χ1n) is 11.8. The standard InChI is InChI=1S/C24H24FN5O2.C2HF3O2/c1-30-13-17(23(29-30)15-6-4-3-5-7-15)24-16-10-22(32-20-8-9-26-12-18(20)25)21(31-2)11-19(16)27-14-28-24;3-2(4,5)1(6)7/h3-7,10-11,13-14,18,20,26H,8-9,12H2,1-2H3;(H,6,7)/t18-,20-;/m1./s1. The Morgan fingerprint density at radius 1 is 1.13 bits per heavy atom. The van der Waals surface area contributed by atoms with Crippen LogP contribution >= 0.6 is 0 Å². The number of hydrogen-bond donors (Lipinski definition) is 2. The van der Waals surface area contributed by atoms with E-state index < -0.39 is 24.4 Å². The lowest BCUT2D eigenvalue weighted by atomic mass is 10.0. The summed E-state index contributed by atoms with van der Waals surface area (Å²) in [6, 6.07) is 13.6. The van der Waals surface area contributed by atoms with Crippen LogP contribution in [0.5, 0.6) is 11.5 Å². The summed E-state index contributed by atoms with van der Waals surface area (Å²) in [6.45, 7) is 0.997. The summed E-state index contributed by atoms with van der Waals surface area (Å²) in [6.07, 6.45) is -2.64. The summed E-state index contributed by atoms with van der Waals surface area (Å²) in [5.41, 5.74) is 4.15. The van der Waals surface area contributed by atoms with Gasteiger partial charge in [-0.3, -0.25) is 4.68 Å². The number of carbonyl (C=O) groups is 1. The number of aliphatic carboxylic acids is 1. The molecule has 2 atom stereocenters. The molecule has 13 heteroatoms. The molecule has 0 spiro atoms. The van der Waals surface area contributed by atoms with Gasteiger partial charge in [0, 0.05) is 42.4 Å². The number of ether oxygens (including phenoxy) is 2. The third-order valence-corrected chi connectivity index (χ3v) is 5.92. The number of carboxylic acid groups (broad SMARTS) is 1. The fourth-order valence-corrected chi connectivity index (χ4v) is 4.09. The predicted octanol–water partition coefficient (Wildman–Crippen LogP) is 4.42. The molecular formula is C26H25F4N5O4. The number of alkyl halides is 4. The SMILES string of the molecule is COc1cc2ncnc(-c3cn(C)nc3-c3ccccc3)c2cc1O[C@@H]1CCNC[C@H]1F.O=C(O)C(F)(F)F. The lowest BCUT2D eigenvalue weighted by Gasteiger charge is -2.28. The van der Waals surface area contributed by atoms with Crippen molar-refractivity contribution in [3.63, 3.8) is 0 Å². The largest absolute Gasteiger partial charge is 0.493 e. The number of nitrogens with zero attached hydrogens (tertiary/aromatic N) is 4. The predicted molar refractivity (Wildman–Crippen MR) is 134 cm³/mol. The zero-order chi connectivity index (χ0) is 28.2. The van der Waals surface area contributed by atoms with E-state index in [1.165, 1.54) is 6.33 Å². The second-order valence-corrected chi connectivity index (χ2v) is 8.64. The summed E-state index contributed by atoms with van der Waals surface area (Å²) in [7, 11) is 3.45. The smallest absolute Gasteiger partial charge is 0.490 e. The number of methoxy groups -OCH3 is 1. The molecule has 0 bridgehead atoms. The molecule has 2 N–H and O–H groups in total. The van der Waals surface area contributed by atoms with Crippen LogP contribution in [-0.4, -0.2) is 69.5 Å². The first-order chi connectivity index (χ1) is 18.6. The third-order valence-electron chi connectivity index (χ3n) is 5.92. The summed E-state index contributed by atoms with van der Waals surface area (Å²) in [5, 5.41) is 15.6. The van der Waals surface area contributed by atoms with Crippen LogP contribution in [0.4, 0.5) is 17.6 Å². The highest BCUT2D eigenvalue weighted by atomic mass is 19.4. The molecule has 4 aromatic rings. The number of piperidine rings is 1. The van der Waals surface area contributed by atoms with Gasteiger partial charge in [-0.1, -0.05) is 30.3 Å². The highest BCUT2D eigenvalue weighted by Gasteiger charge is 2.38. The maximum atomic E-state index is 14.4. The Bertz CT molecular complexity index is 1450. The maximum Gasteiger partial charge on any atom is 0.490 e. The Hall–Kier alpha value is -4.26. The van der Waals surface area contributed by atoms with Crippen molar-refractivity contribution in [2.45, 2.75) is 24.9 Å². The molecule has 1 saturated heterocycles. The number of aromatic nitrogens is 4. The first-order valence-corrected chi connectivity index (χ1v) is 11.8. The van der Waals surface area contributed by atoms with E-state index in [4.69, 9.17) is 19.4 Å². The van der Waals surface area contributed by atoms with E-state index in [1.807, 2.05) is 55.7 Å². The van der Waals surface area contributed by atoms with Crippen molar-refractivity contribution in [1.82, 2.24) is 25.1 Å². The van der Waals surface area contributed by atoms with Crippen LogP contribution in [0.1, 0.15) is 6.42 Å². The van der Waals surface area contributed by atoms with E-state index in [2.05, 4.69) is 20.4 Å². The van der Waals surface area contributed by atoms with E-state index in [-0.39, 0.29) is 6.54 Å². The molecule has 0 unspecified atom stereocenters. The molecule has 0 amide bonds. The maximum absolute atomic E-state index is 14.4. The minimum atomic E-state index is -5.08. The highest BCUT2D eigenvalue weighted by molar-refractivity contribution is 5.97. The minimum absolute atomic E-state index is 0.283. The van der Waals surface area contributed by atoms with E-state index in [0.29, 0.717) is 30.0 Å². The number of rotatable bonds is 5. The molecule has 1 aliphatic rings. The number of hydrogen-bond acceptors (Lipinski definition) is 7. The fourth-order valence-electron chi connectivity index (χ4n) is 4.09. The van der Waals surface area contributed by atoms with E-state index in [0.717, 1.165) is 27.9 Å². The van der Waals surface area contributed by atoms with Gasteiger partial charge in [0.15, 0.2) is 11.5 Å². The van der Waals surface area contributed by atoms with Crippen LogP contribution in [0.3, 0.4) is 0 Å². The van der Waals surface area contributed by atoms with Crippen LogP contribution in [0.2, 0.25) is 0 Å². The average molecular weight is 548 g/mol. The zero-order valence-electron chi connectivity index (χ0n) is 20.9. The molecule has 2 aromatic carbocycles. The average Bonchev–Trinajstić information content (AvgIpc) is 3.31. The Kier molecular flexibility index (Phi) is 8.29. The first kappa shape index (κ1) is 27.8. The molecule has 39 heavy (non-hydrogen) atoms. The van der Waals surface area contributed by atoms with Crippen LogP contribution in [0.15, 0.2) is 55.0 Å². The quantitative estimate of drug-likeness (QED) is 0.354. The second kappa shape index (κ2) is 11.6. The van der Waals surface area contributed by atoms with Crippen molar-refractivity contribution in [3.8, 4) is 34.0 Å². The van der Waals surface area contributed by atoms with E-state index >= 15 is 0 Å². The summed E-state index contributed by atoms with van der Waals surface area (Å²) in [4.78, 5) is 17.9. The van der Waals surface area contributed by atoms with Gasteiger partial charge in [-0.05, 0) is 19.0 Å². The van der Waals surface area contributed by atoms with Crippen molar-refractivity contribution in [3.05, 3.63) is 55.0 Å². The second-order valence-electron chi connectivity index (χ2n) is 8.64. The van der Waals surface area contributed by atoms with Gasteiger partial charge in [-0.15, -0.1) is 0 Å². The summed E-state index contributed by atoms with van der Waals surface area (Å²) >= 11 is 0. The van der Waals surface area contributed by atoms with Crippen molar-refractivity contribution in [1.29, 1.82) is 0 Å². The number of fused-ring (bicyclic) bond motifs is 1. The molecule has 206 valence electrons.